The molecular weight excluding hydrogens is 122 g/mol. The average molecular weight is 135 g/mol. The third kappa shape index (κ3) is 3.14. The molecule has 3 nitrogen and oxygen atoms in total. The maximum atomic E-state index is 4.95. The lowest BCUT2D eigenvalue weighted by Gasteiger charge is -2.09. The Morgan fingerprint density at radius 2 is 1.88 bits per heavy atom. The zero-order valence-corrected chi connectivity index (χ0v) is 6.76. The largest absolute Gasteiger partial charge is 0.407 e. The van der Waals surface area contributed by atoms with E-state index in [0.29, 0.717) is 0 Å². The summed E-state index contributed by atoms with van der Waals surface area (Å²) in [6.07, 6.45) is 0. The van der Waals surface area contributed by atoms with E-state index in [1.54, 1.807) is 14.2 Å². The van der Waals surface area contributed by atoms with Crippen molar-refractivity contribution in [2.24, 2.45) is 0 Å². The van der Waals surface area contributed by atoms with Crippen LogP contribution >= 0.6 is 0 Å². The first-order valence-corrected chi connectivity index (χ1v) is 4.16. The van der Waals surface area contributed by atoms with E-state index < -0.39 is 9.45 Å². The second kappa shape index (κ2) is 5.24. The molecule has 0 saturated heterocycles. The van der Waals surface area contributed by atoms with Gasteiger partial charge in [-0.05, 0) is 6.54 Å². The molecule has 0 aliphatic rings. The van der Waals surface area contributed by atoms with Crippen molar-refractivity contribution in [2.45, 2.75) is 6.92 Å². The molecule has 1 N–H and O–H groups in total. The maximum absolute atomic E-state index is 4.95. The molecular formula is C4H13NO2Si. The molecule has 0 atom stereocenters. The van der Waals surface area contributed by atoms with Crippen molar-refractivity contribution in [3.8, 4) is 0 Å². The number of hydrogen-bond acceptors (Lipinski definition) is 3. The van der Waals surface area contributed by atoms with Gasteiger partial charge in [-0.2, -0.15) is 0 Å². The van der Waals surface area contributed by atoms with E-state index in [1.807, 2.05) is 6.92 Å². The zero-order chi connectivity index (χ0) is 6.41. The molecule has 8 heavy (non-hydrogen) atoms. The van der Waals surface area contributed by atoms with Crippen LogP contribution in [0, 0.1) is 0 Å². The molecule has 0 radical (unpaired) electrons. The van der Waals surface area contributed by atoms with Gasteiger partial charge in [0.05, 0.1) is 0 Å². The first-order chi connectivity index (χ1) is 3.85. The molecule has 4 heteroatoms. The minimum Gasteiger partial charge on any atom is -0.388 e. The van der Waals surface area contributed by atoms with E-state index in [9.17, 15) is 0 Å². The lowest BCUT2D eigenvalue weighted by atomic mass is 10.8. The van der Waals surface area contributed by atoms with Gasteiger partial charge in [-0.3, -0.25) is 4.98 Å². The first-order valence-electron chi connectivity index (χ1n) is 2.64. The topological polar surface area (TPSA) is 30.5 Å². The van der Waals surface area contributed by atoms with Crippen molar-refractivity contribution in [3.05, 3.63) is 0 Å². The molecule has 0 amide bonds. The van der Waals surface area contributed by atoms with Gasteiger partial charge in [0.1, 0.15) is 0 Å². The minimum atomic E-state index is -1.44. The van der Waals surface area contributed by atoms with Crippen LogP contribution in [0.25, 0.3) is 0 Å². The molecule has 0 rings (SSSR count). The predicted octanol–water partition coefficient (Wildman–Crippen LogP) is -0.394. The highest BCUT2D eigenvalue weighted by Crippen LogP contribution is 1.75. The highest BCUT2D eigenvalue weighted by atomic mass is 28.3. The molecule has 0 fully saturated rings. The molecule has 50 valence electrons. The Morgan fingerprint density at radius 1 is 1.38 bits per heavy atom. The summed E-state index contributed by atoms with van der Waals surface area (Å²) in [4.78, 5) is 3.08. The fourth-order valence-corrected chi connectivity index (χ4v) is 1.29. The fourth-order valence-electron chi connectivity index (χ4n) is 0.430. The van der Waals surface area contributed by atoms with Gasteiger partial charge in [0.2, 0.25) is 0 Å². The van der Waals surface area contributed by atoms with Crippen LogP contribution in [-0.4, -0.2) is 30.2 Å². The average Bonchev–Trinajstić information content (AvgIpc) is 1.83. The number of rotatable bonds is 4. The molecule has 0 heterocycles. The second-order valence-corrected chi connectivity index (χ2v) is 3.38. The van der Waals surface area contributed by atoms with Crippen LogP contribution in [0.2, 0.25) is 0 Å². The summed E-state index contributed by atoms with van der Waals surface area (Å²) in [7, 11) is 1.87. The van der Waals surface area contributed by atoms with E-state index in [4.69, 9.17) is 8.85 Å². The lowest BCUT2D eigenvalue weighted by molar-refractivity contribution is 0.266. The molecule has 0 aromatic carbocycles. The van der Waals surface area contributed by atoms with Crippen molar-refractivity contribution >= 4 is 9.45 Å². The van der Waals surface area contributed by atoms with Crippen molar-refractivity contribution in [3.63, 3.8) is 0 Å². The molecule has 0 aliphatic carbocycles. The normalized spacial score (nSPS) is 10.5. The zero-order valence-electron chi connectivity index (χ0n) is 5.60. The maximum Gasteiger partial charge on any atom is 0.407 e. The van der Waals surface area contributed by atoms with E-state index in [1.165, 1.54) is 0 Å². The van der Waals surface area contributed by atoms with Gasteiger partial charge in [0.25, 0.3) is 0 Å². The Bertz CT molecular complexity index is 49.3. The SMILES string of the molecule is CCN[SiH](OC)OC. The summed E-state index contributed by atoms with van der Waals surface area (Å²) in [5.74, 6) is 0. The Labute approximate surface area is 51.9 Å². The van der Waals surface area contributed by atoms with E-state index in [0.717, 1.165) is 6.54 Å². The summed E-state index contributed by atoms with van der Waals surface area (Å²) >= 11 is 0. The smallest absolute Gasteiger partial charge is 0.388 e. The standard InChI is InChI=1S/C4H13NO2Si/c1-4-5-8(6-2)7-3/h5,8H,4H2,1-3H3. The highest BCUT2D eigenvalue weighted by Gasteiger charge is 2.04. The van der Waals surface area contributed by atoms with Crippen molar-refractivity contribution in [1.29, 1.82) is 0 Å². The molecule has 0 unspecified atom stereocenters. The van der Waals surface area contributed by atoms with Gasteiger partial charge in [0.15, 0.2) is 0 Å². The van der Waals surface area contributed by atoms with Crippen LogP contribution in [0.15, 0.2) is 0 Å². The van der Waals surface area contributed by atoms with Gasteiger partial charge in [-0.25, -0.2) is 0 Å². The van der Waals surface area contributed by atoms with Crippen LogP contribution in [0.1, 0.15) is 6.92 Å². The Hall–Kier alpha value is 0.0969. The highest BCUT2D eigenvalue weighted by molar-refractivity contribution is 6.41. The van der Waals surface area contributed by atoms with Crippen molar-refractivity contribution in [2.75, 3.05) is 20.8 Å². The predicted molar refractivity (Wildman–Crippen MR) is 34.8 cm³/mol. The lowest BCUT2D eigenvalue weighted by Crippen LogP contribution is -2.37. The molecule has 0 spiro atoms. The van der Waals surface area contributed by atoms with Gasteiger partial charge >= 0.3 is 9.45 Å². The summed E-state index contributed by atoms with van der Waals surface area (Å²) < 4.78 is 9.89. The molecule has 0 aliphatic heterocycles. The third-order valence-electron chi connectivity index (χ3n) is 0.799. The van der Waals surface area contributed by atoms with Crippen LogP contribution in [-0.2, 0) is 8.85 Å². The quantitative estimate of drug-likeness (QED) is 0.532. The summed E-state index contributed by atoms with van der Waals surface area (Å²) in [6.45, 7) is 2.94. The minimum absolute atomic E-state index is 0.915. The van der Waals surface area contributed by atoms with Gasteiger partial charge in [-0.1, -0.05) is 6.92 Å². The van der Waals surface area contributed by atoms with E-state index in [2.05, 4.69) is 4.98 Å². The van der Waals surface area contributed by atoms with Gasteiger partial charge in [0, 0.05) is 14.2 Å². The van der Waals surface area contributed by atoms with Crippen LogP contribution in [0.5, 0.6) is 0 Å². The Balaban J connectivity index is 3.07. The number of hydrogen-bond donors (Lipinski definition) is 1. The fraction of sp³-hybridized carbons (Fsp3) is 1.00. The van der Waals surface area contributed by atoms with Crippen LogP contribution in [0.4, 0.5) is 0 Å². The summed E-state index contributed by atoms with van der Waals surface area (Å²) in [6, 6.07) is 0. The monoisotopic (exact) mass is 135 g/mol. The van der Waals surface area contributed by atoms with E-state index >= 15 is 0 Å². The Morgan fingerprint density at radius 3 is 2.00 bits per heavy atom. The Kier molecular flexibility index (Phi) is 5.30. The van der Waals surface area contributed by atoms with Gasteiger partial charge in [-0.15, -0.1) is 0 Å². The summed E-state index contributed by atoms with van der Waals surface area (Å²) in [5, 5.41) is 0. The first kappa shape index (κ1) is 8.10. The molecule has 0 bridgehead atoms. The van der Waals surface area contributed by atoms with E-state index in [-0.39, 0.29) is 0 Å². The molecule has 0 saturated carbocycles. The van der Waals surface area contributed by atoms with Gasteiger partial charge < -0.3 is 8.85 Å². The number of nitrogens with one attached hydrogen (secondary N) is 1. The van der Waals surface area contributed by atoms with Crippen molar-refractivity contribution in [1.82, 2.24) is 4.98 Å². The van der Waals surface area contributed by atoms with Crippen LogP contribution in [0.3, 0.4) is 0 Å². The molecule has 0 aromatic heterocycles. The second-order valence-electron chi connectivity index (χ2n) is 1.36. The molecule has 0 aromatic rings. The van der Waals surface area contributed by atoms with Crippen molar-refractivity contribution < 1.29 is 8.85 Å². The summed E-state index contributed by atoms with van der Waals surface area (Å²) in [5.41, 5.74) is 0. The van der Waals surface area contributed by atoms with Crippen LogP contribution < -0.4 is 4.98 Å². The third-order valence-corrected chi connectivity index (χ3v) is 2.40.